The summed E-state index contributed by atoms with van der Waals surface area (Å²) in [6, 6.07) is -0.947. The second kappa shape index (κ2) is 9.11. The fraction of sp³-hybridized carbons (Fsp3) is 0.714. The molecule has 1 atom stereocenters. The lowest BCUT2D eigenvalue weighted by atomic mass is 10.3. The highest BCUT2D eigenvalue weighted by Crippen LogP contribution is 2.19. The number of hydrogen-bond donors (Lipinski definition) is 1. The standard InChI is InChI=1S/C14H25N3O6S/c1-10-13(12(3)23-15-10)24(19,20)16-11(2)14(18)17(6-8-21-4)7-9-22-5/h11,16H,6-9H2,1-5H3/t11-/m0/s1. The number of carbonyl (C=O) groups excluding carboxylic acids is 1. The summed E-state index contributed by atoms with van der Waals surface area (Å²) in [5.41, 5.74) is 0.246. The number of rotatable bonds is 10. The number of nitrogens with zero attached hydrogens (tertiary/aromatic N) is 2. The number of amides is 1. The predicted octanol–water partition coefficient (Wildman–Crippen LogP) is 0.0796. The van der Waals surface area contributed by atoms with Crippen LogP contribution < -0.4 is 4.72 Å². The third kappa shape index (κ3) is 5.26. The van der Waals surface area contributed by atoms with Gasteiger partial charge < -0.3 is 18.9 Å². The maximum absolute atomic E-state index is 12.5. The molecule has 9 nitrogen and oxygen atoms in total. The zero-order valence-corrected chi connectivity index (χ0v) is 15.5. The normalized spacial score (nSPS) is 13.0. The second-order valence-electron chi connectivity index (χ2n) is 5.31. The van der Waals surface area contributed by atoms with E-state index in [0.29, 0.717) is 26.3 Å². The molecule has 1 amide bonds. The lowest BCUT2D eigenvalue weighted by Gasteiger charge is -2.25. The number of nitrogens with one attached hydrogen (secondary N) is 1. The number of hydrogen-bond acceptors (Lipinski definition) is 7. The lowest BCUT2D eigenvalue weighted by molar-refractivity contribution is -0.133. The molecule has 0 bridgehead atoms. The Hall–Kier alpha value is -1.49. The molecule has 0 radical (unpaired) electrons. The van der Waals surface area contributed by atoms with Gasteiger partial charge in [0.05, 0.1) is 19.3 Å². The monoisotopic (exact) mass is 363 g/mol. The van der Waals surface area contributed by atoms with Gasteiger partial charge in [-0.3, -0.25) is 4.79 Å². The number of sulfonamides is 1. The predicted molar refractivity (Wildman–Crippen MR) is 86.1 cm³/mol. The van der Waals surface area contributed by atoms with Crippen molar-refractivity contribution < 1.29 is 27.2 Å². The van der Waals surface area contributed by atoms with E-state index in [9.17, 15) is 13.2 Å². The fourth-order valence-corrected chi connectivity index (χ4v) is 3.74. The fourth-order valence-electron chi connectivity index (χ4n) is 2.21. The van der Waals surface area contributed by atoms with E-state index in [1.165, 1.54) is 39.9 Å². The Kier molecular flexibility index (Phi) is 7.80. The maximum atomic E-state index is 12.5. The van der Waals surface area contributed by atoms with Gasteiger partial charge in [0.2, 0.25) is 15.9 Å². The first-order valence-corrected chi connectivity index (χ1v) is 8.94. The summed E-state index contributed by atoms with van der Waals surface area (Å²) in [7, 11) is -0.853. The average Bonchev–Trinajstić information content (AvgIpc) is 2.86. The van der Waals surface area contributed by atoms with Gasteiger partial charge in [-0.2, -0.15) is 4.72 Å². The van der Waals surface area contributed by atoms with Gasteiger partial charge >= 0.3 is 0 Å². The van der Waals surface area contributed by atoms with Crippen LogP contribution in [0, 0.1) is 13.8 Å². The summed E-state index contributed by atoms with van der Waals surface area (Å²) >= 11 is 0. The maximum Gasteiger partial charge on any atom is 0.246 e. The van der Waals surface area contributed by atoms with E-state index in [1.54, 1.807) is 0 Å². The average molecular weight is 363 g/mol. The summed E-state index contributed by atoms with van der Waals surface area (Å²) in [4.78, 5) is 14.0. The molecular formula is C14H25N3O6S. The molecule has 0 aromatic carbocycles. The summed E-state index contributed by atoms with van der Waals surface area (Å²) in [6.45, 7) is 5.90. The molecule has 0 unspecified atom stereocenters. The highest BCUT2D eigenvalue weighted by Gasteiger charge is 2.29. The van der Waals surface area contributed by atoms with E-state index >= 15 is 0 Å². The van der Waals surface area contributed by atoms with Gasteiger partial charge in [-0.1, -0.05) is 5.16 Å². The third-order valence-electron chi connectivity index (χ3n) is 3.38. The Labute approximate surface area is 142 Å². The van der Waals surface area contributed by atoms with E-state index in [1.807, 2.05) is 0 Å². The molecule has 10 heteroatoms. The molecule has 1 N–H and O–H groups in total. The first-order chi connectivity index (χ1) is 11.2. The van der Waals surface area contributed by atoms with Crippen LogP contribution in [-0.4, -0.2) is 70.9 Å². The Balaban J connectivity index is 2.86. The molecule has 0 spiro atoms. The van der Waals surface area contributed by atoms with Crippen LogP contribution in [0.4, 0.5) is 0 Å². The van der Waals surface area contributed by atoms with Crippen molar-refractivity contribution in [3.8, 4) is 0 Å². The van der Waals surface area contributed by atoms with E-state index in [-0.39, 0.29) is 22.3 Å². The van der Waals surface area contributed by atoms with Crippen molar-refractivity contribution in [2.45, 2.75) is 31.7 Å². The van der Waals surface area contributed by atoms with Crippen LogP contribution >= 0.6 is 0 Å². The Bertz CT molecular complexity index is 615. The minimum absolute atomic E-state index is 0.0394. The molecule has 1 aromatic heterocycles. The largest absolute Gasteiger partial charge is 0.383 e. The highest BCUT2D eigenvalue weighted by atomic mass is 32.2. The molecule has 0 aliphatic carbocycles. The van der Waals surface area contributed by atoms with Gasteiger partial charge in [0, 0.05) is 27.3 Å². The van der Waals surface area contributed by atoms with Gasteiger partial charge in [-0.15, -0.1) is 0 Å². The van der Waals surface area contributed by atoms with Gasteiger partial charge in [-0.05, 0) is 20.8 Å². The van der Waals surface area contributed by atoms with Gasteiger partial charge in [0.1, 0.15) is 10.6 Å². The molecule has 0 fully saturated rings. The van der Waals surface area contributed by atoms with Crippen LogP contribution in [0.15, 0.2) is 9.42 Å². The first kappa shape index (κ1) is 20.6. The van der Waals surface area contributed by atoms with Crippen LogP contribution in [0.1, 0.15) is 18.4 Å². The SMILES string of the molecule is COCCN(CCOC)C(=O)[C@H](C)NS(=O)(=O)c1c(C)noc1C. The number of aryl methyl sites for hydroxylation is 2. The number of methoxy groups -OCH3 is 2. The zero-order chi connectivity index (χ0) is 18.3. The van der Waals surface area contributed by atoms with Crippen LogP contribution in [0.5, 0.6) is 0 Å². The van der Waals surface area contributed by atoms with Crippen LogP contribution in [0.25, 0.3) is 0 Å². The molecule has 1 aromatic rings. The van der Waals surface area contributed by atoms with Gasteiger partial charge in [0.25, 0.3) is 0 Å². The van der Waals surface area contributed by atoms with Crippen molar-refractivity contribution in [1.82, 2.24) is 14.8 Å². The molecule has 0 saturated heterocycles. The number of ether oxygens (including phenoxy) is 2. The lowest BCUT2D eigenvalue weighted by Crippen LogP contribution is -2.48. The molecular weight excluding hydrogens is 338 g/mol. The van der Waals surface area contributed by atoms with Crippen molar-refractivity contribution in [1.29, 1.82) is 0 Å². The van der Waals surface area contributed by atoms with Crippen molar-refractivity contribution >= 4 is 15.9 Å². The topological polar surface area (TPSA) is 111 Å². The van der Waals surface area contributed by atoms with Crippen LogP contribution in [-0.2, 0) is 24.3 Å². The molecule has 0 aliphatic heterocycles. The van der Waals surface area contributed by atoms with Crippen molar-refractivity contribution in [2.75, 3.05) is 40.5 Å². The first-order valence-electron chi connectivity index (χ1n) is 7.46. The number of carbonyl (C=O) groups is 1. The van der Waals surface area contributed by atoms with E-state index in [4.69, 9.17) is 14.0 Å². The van der Waals surface area contributed by atoms with Gasteiger partial charge in [-0.25, -0.2) is 8.42 Å². The van der Waals surface area contributed by atoms with E-state index in [0.717, 1.165) is 0 Å². The van der Waals surface area contributed by atoms with E-state index in [2.05, 4.69) is 9.88 Å². The van der Waals surface area contributed by atoms with Crippen molar-refractivity contribution in [3.05, 3.63) is 11.5 Å². The third-order valence-corrected chi connectivity index (χ3v) is 5.17. The molecule has 0 aliphatic rings. The Morgan fingerprint density at radius 3 is 2.21 bits per heavy atom. The summed E-state index contributed by atoms with van der Waals surface area (Å²) in [5.74, 6) is -0.185. The molecule has 24 heavy (non-hydrogen) atoms. The Morgan fingerprint density at radius 1 is 1.25 bits per heavy atom. The summed E-state index contributed by atoms with van der Waals surface area (Å²) in [5, 5.41) is 3.63. The zero-order valence-electron chi connectivity index (χ0n) is 14.7. The molecule has 1 heterocycles. The van der Waals surface area contributed by atoms with Crippen molar-refractivity contribution in [2.24, 2.45) is 0 Å². The molecule has 1 rings (SSSR count). The second-order valence-corrected chi connectivity index (χ2v) is 6.96. The summed E-state index contributed by atoms with van der Waals surface area (Å²) in [6.07, 6.45) is 0. The molecule has 138 valence electrons. The van der Waals surface area contributed by atoms with Crippen molar-refractivity contribution in [3.63, 3.8) is 0 Å². The molecule has 0 saturated carbocycles. The smallest absolute Gasteiger partial charge is 0.246 e. The van der Waals surface area contributed by atoms with Gasteiger partial charge in [0.15, 0.2) is 5.76 Å². The van der Waals surface area contributed by atoms with Crippen LogP contribution in [0.3, 0.4) is 0 Å². The highest BCUT2D eigenvalue weighted by molar-refractivity contribution is 7.89. The summed E-state index contributed by atoms with van der Waals surface area (Å²) < 4.78 is 42.2. The Morgan fingerprint density at radius 2 is 1.79 bits per heavy atom. The minimum Gasteiger partial charge on any atom is -0.383 e. The minimum atomic E-state index is -3.91. The van der Waals surface area contributed by atoms with E-state index < -0.39 is 16.1 Å². The van der Waals surface area contributed by atoms with Crippen LogP contribution in [0.2, 0.25) is 0 Å². The quantitative estimate of drug-likeness (QED) is 0.626. The number of aromatic nitrogens is 1.